The first-order valence-electron chi connectivity index (χ1n) is 12.4. The normalized spacial score (nSPS) is 17.1. The number of nitrogens with one attached hydrogen (secondary N) is 2. The lowest BCUT2D eigenvalue weighted by Crippen LogP contribution is -2.47. The third kappa shape index (κ3) is 6.42. The molecule has 4 rings (SSSR count). The maximum Gasteiger partial charge on any atom is 0.298 e. The summed E-state index contributed by atoms with van der Waals surface area (Å²) in [6.45, 7) is 14.3. The van der Waals surface area contributed by atoms with Crippen LogP contribution in [0.15, 0.2) is 47.4 Å². The zero-order valence-corrected chi connectivity index (χ0v) is 23.1. The number of aromatic nitrogens is 2. The molecule has 0 aliphatic carbocycles. The molecule has 2 heterocycles. The lowest BCUT2D eigenvalue weighted by atomic mass is 9.95. The first-order valence-corrected chi connectivity index (χ1v) is 14.2. The van der Waals surface area contributed by atoms with Crippen molar-refractivity contribution in [2.24, 2.45) is 0 Å². The maximum absolute atomic E-state index is 13.1. The van der Waals surface area contributed by atoms with Crippen molar-refractivity contribution in [2.75, 3.05) is 30.7 Å². The summed E-state index contributed by atoms with van der Waals surface area (Å²) in [5, 5.41) is 6.56. The van der Waals surface area contributed by atoms with Crippen LogP contribution in [-0.4, -0.2) is 50.5 Å². The number of carbonyl (C=O) groups excluding carboxylic acids is 1. The second-order valence-electron chi connectivity index (χ2n) is 10.1. The first-order chi connectivity index (χ1) is 16.8. The lowest BCUT2D eigenvalue weighted by molar-refractivity contribution is 0.266. The zero-order valence-electron chi connectivity index (χ0n) is 21.4. The molecular weight excluding hydrogens is 474 g/mol. The Hall–Kier alpha value is -2.00. The second kappa shape index (κ2) is 11.4. The van der Waals surface area contributed by atoms with E-state index < -0.39 is 0 Å². The molecule has 2 aromatic carbocycles. The van der Waals surface area contributed by atoms with Gasteiger partial charge < -0.3 is 15.2 Å². The van der Waals surface area contributed by atoms with E-state index in [1.807, 2.05) is 6.07 Å². The summed E-state index contributed by atoms with van der Waals surface area (Å²) < 4.78 is 4.47. The van der Waals surface area contributed by atoms with Gasteiger partial charge >= 0.3 is 0 Å². The van der Waals surface area contributed by atoms with Gasteiger partial charge in [-0.2, -0.15) is 0 Å². The van der Waals surface area contributed by atoms with Crippen molar-refractivity contribution in [3.8, 4) is 0 Å². The number of hydrogen-bond donors (Lipinski definition) is 2. The summed E-state index contributed by atoms with van der Waals surface area (Å²) in [4.78, 5) is 19.3. The summed E-state index contributed by atoms with van der Waals surface area (Å²) in [6.07, 6.45) is 1.07. The van der Waals surface area contributed by atoms with E-state index in [-0.39, 0.29) is 10.7 Å². The molecule has 3 aromatic rings. The highest BCUT2D eigenvalue weighted by molar-refractivity contribution is 8.11. The van der Waals surface area contributed by atoms with Gasteiger partial charge in [-0.05, 0) is 36.8 Å². The van der Waals surface area contributed by atoms with Gasteiger partial charge in [0.2, 0.25) is 0 Å². The van der Waals surface area contributed by atoms with Crippen LogP contribution >= 0.6 is 23.7 Å². The van der Waals surface area contributed by atoms with E-state index in [0.29, 0.717) is 6.04 Å². The average Bonchev–Trinajstić information content (AvgIpc) is 3.17. The van der Waals surface area contributed by atoms with Gasteiger partial charge in [0.1, 0.15) is 5.82 Å². The molecule has 2 N–H and O–H groups in total. The summed E-state index contributed by atoms with van der Waals surface area (Å²) in [7, 11) is 0. The number of fused-ring (bicyclic) bond motifs is 1. The summed E-state index contributed by atoms with van der Waals surface area (Å²) in [5.74, 6) is 2.04. The molecule has 1 fully saturated rings. The van der Waals surface area contributed by atoms with Gasteiger partial charge in [-0.3, -0.25) is 4.79 Å². The number of benzene rings is 2. The number of carbonyl (C=O) groups is 1. The highest BCUT2D eigenvalue weighted by Gasteiger charge is 2.25. The monoisotopic (exact) mass is 511 g/mol. The molecule has 0 saturated carbocycles. The Bertz CT molecular complexity index is 1160. The highest BCUT2D eigenvalue weighted by Crippen LogP contribution is 2.36. The smallest absolute Gasteiger partial charge is 0.298 e. The largest absolute Gasteiger partial charge is 0.323 e. The Morgan fingerprint density at radius 2 is 2.00 bits per heavy atom. The van der Waals surface area contributed by atoms with E-state index in [4.69, 9.17) is 4.98 Å². The third-order valence-electron chi connectivity index (χ3n) is 6.04. The molecule has 0 radical (unpaired) electrons. The van der Waals surface area contributed by atoms with Crippen molar-refractivity contribution in [1.29, 1.82) is 0 Å². The SMILES string of the molecule is CCCSc1cc2nc(C(C)(C)C)n(Cc3ccccc3)c2cc1NC(=O)SN1CCNCC1C. The predicted molar refractivity (Wildman–Crippen MR) is 151 cm³/mol. The number of nitrogens with zero attached hydrogens (tertiary/aromatic N) is 3. The van der Waals surface area contributed by atoms with Crippen molar-refractivity contribution < 1.29 is 4.79 Å². The molecule has 1 amide bonds. The molecule has 188 valence electrons. The van der Waals surface area contributed by atoms with E-state index in [9.17, 15) is 4.79 Å². The fourth-order valence-electron chi connectivity index (χ4n) is 4.28. The number of imidazole rings is 1. The first kappa shape index (κ1) is 26.1. The van der Waals surface area contributed by atoms with Gasteiger partial charge in [-0.25, -0.2) is 9.29 Å². The fraction of sp³-hybridized carbons (Fsp3) is 0.481. The van der Waals surface area contributed by atoms with Gasteiger partial charge in [0, 0.05) is 54.5 Å². The molecular formula is C27H37N5OS2. The number of rotatable bonds is 7. The number of hydrogen-bond acceptors (Lipinski definition) is 6. The highest BCUT2D eigenvalue weighted by atomic mass is 32.2. The molecule has 1 aliphatic heterocycles. The topological polar surface area (TPSA) is 62.2 Å². The van der Waals surface area contributed by atoms with Crippen LogP contribution in [0.5, 0.6) is 0 Å². The molecule has 1 atom stereocenters. The van der Waals surface area contributed by atoms with Gasteiger partial charge in [0.15, 0.2) is 0 Å². The van der Waals surface area contributed by atoms with E-state index in [0.717, 1.165) is 65.8 Å². The van der Waals surface area contributed by atoms with Crippen LogP contribution < -0.4 is 10.6 Å². The Labute approximate surface area is 217 Å². The minimum absolute atomic E-state index is 0.0402. The molecule has 1 aliphatic rings. The molecule has 0 spiro atoms. The molecule has 8 heteroatoms. The van der Waals surface area contributed by atoms with Crippen LogP contribution in [0.3, 0.4) is 0 Å². The Kier molecular flexibility index (Phi) is 8.47. The van der Waals surface area contributed by atoms with Crippen molar-refractivity contribution in [1.82, 2.24) is 19.2 Å². The number of amides is 1. The van der Waals surface area contributed by atoms with Crippen molar-refractivity contribution >= 4 is 45.7 Å². The molecule has 1 unspecified atom stereocenters. The quantitative estimate of drug-likeness (QED) is 0.284. The second-order valence-corrected chi connectivity index (χ2v) is 12.3. The molecule has 1 saturated heterocycles. The van der Waals surface area contributed by atoms with Gasteiger partial charge in [0.05, 0.1) is 16.7 Å². The van der Waals surface area contributed by atoms with Gasteiger partial charge in [-0.1, -0.05) is 58.0 Å². The van der Waals surface area contributed by atoms with Crippen LogP contribution in [0.1, 0.15) is 52.4 Å². The Balaban J connectivity index is 1.72. The van der Waals surface area contributed by atoms with Crippen LogP contribution in [0.2, 0.25) is 0 Å². The molecule has 35 heavy (non-hydrogen) atoms. The summed E-state index contributed by atoms with van der Waals surface area (Å²) >= 11 is 3.07. The minimum atomic E-state index is -0.109. The molecule has 6 nitrogen and oxygen atoms in total. The van der Waals surface area contributed by atoms with Crippen molar-refractivity contribution in [2.45, 2.75) is 63.9 Å². The minimum Gasteiger partial charge on any atom is -0.323 e. The molecule has 1 aromatic heterocycles. The van der Waals surface area contributed by atoms with E-state index >= 15 is 0 Å². The van der Waals surface area contributed by atoms with E-state index in [2.05, 4.69) is 90.5 Å². The van der Waals surface area contributed by atoms with E-state index in [1.165, 1.54) is 17.5 Å². The number of thioether (sulfide) groups is 1. The maximum atomic E-state index is 13.1. The van der Waals surface area contributed by atoms with Gasteiger partial charge in [-0.15, -0.1) is 11.8 Å². The van der Waals surface area contributed by atoms with Crippen molar-refractivity contribution in [3.63, 3.8) is 0 Å². The predicted octanol–water partition coefficient (Wildman–Crippen LogP) is 6.36. The average molecular weight is 512 g/mol. The van der Waals surface area contributed by atoms with Crippen LogP contribution in [0.25, 0.3) is 11.0 Å². The lowest BCUT2D eigenvalue weighted by Gasteiger charge is -2.31. The molecule has 0 bridgehead atoms. The Morgan fingerprint density at radius 3 is 2.69 bits per heavy atom. The fourth-order valence-corrected chi connectivity index (χ4v) is 5.97. The summed E-state index contributed by atoms with van der Waals surface area (Å²) in [6, 6.07) is 15.1. The van der Waals surface area contributed by atoms with Crippen LogP contribution in [-0.2, 0) is 12.0 Å². The number of anilines is 1. The van der Waals surface area contributed by atoms with Crippen LogP contribution in [0.4, 0.5) is 10.5 Å². The summed E-state index contributed by atoms with van der Waals surface area (Å²) in [5.41, 5.74) is 4.02. The van der Waals surface area contributed by atoms with Crippen molar-refractivity contribution in [3.05, 3.63) is 53.9 Å². The third-order valence-corrected chi connectivity index (χ3v) is 8.35. The van der Waals surface area contributed by atoms with Crippen LogP contribution in [0, 0.1) is 0 Å². The van der Waals surface area contributed by atoms with Gasteiger partial charge in [0.25, 0.3) is 5.24 Å². The van der Waals surface area contributed by atoms with E-state index in [1.54, 1.807) is 11.8 Å². The number of piperazine rings is 1. The Morgan fingerprint density at radius 1 is 1.23 bits per heavy atom. The zero-order chi connectivity index (χ0) is 25.0. The standard InChI is InChI=1S/C27H37N5OS2/c1-6-14-34-24-16-21-23(15-22(24)30-26(33)35-32-13-12-28-17-19(32)2)31(25(29-21)27(3,4)5)18-20-10-8-7-9-11-20/h7-11,15-16,19,28H,6,12-14,17-18H2,1-5H3,(H,30,33).